The Kier molecular flexibility index (Phi) is 4.26. The van der Waals surface area contributed by atoms with Crippen molar-refractivity contribution in [3.63, 3.8) is 0 Å². The van der Waals surface area contributed by atoms with Gasteiger partial charge in [0.05, 0.1) is 22.8 Å². The predicted octanol–water partition coefficient (Wildman–Crippen LogP) is 2.78. The number of nitrogens with zero attached hydrogens (tertiary/aromatic N) is 1. The first-order valence-electron chi connectivity index (χ1n) is 4.49. The van der Waals surface area contributed by atoms with E-state index in [1.807, 2.05) is 0 Å². The molecule has 1 rings (SSSR count). The number of anilines is 1. The highest BCUT2D eigenvalue weighted by atomic mass is 35.5. The van der Waals surface area contributed by atoms with Crippen LogP contribution in [-0.4, -0.2) is 27.2 Å². The van der Waals surface area contributed by atoms with Crippen LogP contribution in [0.4, 0.5) is 10.5 Å². The molecule has 0 fully saturated rings. The number of urea groups is 1. The van der Waals surface area contributed by atoms with Gasteiger partial charge in [0.25, 0.3) is 0 Å². The third-order valence-electron chi connectivity index (χ3n) is 2.10. The summed E-state index contributed by atoms with van der Waals surface area (Å²) in [6.07, 6.45) is 0. The Hall–Kier alpha value is -1.13. The van der Waals surface area contributed by atoms with E-state index in [9.17, 15) is 4.79 Å². The molecule has 0 bridgehead atoms. The van der Waals surface area contributed by atoms with Crippen molar-refractivity contribution in [2.24, 2.45) is 0 Å². The summed E-state index contributed by atoms with van der Waals surface area (Å²) < 4.78 is 5.01. The molecule has 4 nitrogen and oxygen atoms in total. The molecule has 16 heavy (non-hydrogen) atoms. The van der Waals surface area contributed by atoms with Crippen molar-refractivity contribution in [2.45, 2.75) is 0 Å². The largest absolute Gasteiger partial charge is 0.495 e. The molecule has 0 aliphatic rings. The van der Waals surface area contributed by atoms with Gasteiger partial charge in [-0.25, -0.2) is 4.79 Å². The maximum absolute atomic E-state index is 11.4. The minimum absolute atomic E-state index is 0.275. The Labute approximate surface area is 104 Å². The maximum Gasteiger partial charge on any atom is 0.321 e. The highest BCUT2D eigenvalue weighted by molar-refractivity contribution is 6.36. The normalized spacial score (nSPS) is 9.81. The predicted molar refractivity (Wildman–Crippen MR) is 65.9 cm³/mol. The monoisotopic (exact) mass is 262 g/mol. The number of hydrogen-bond donors (Lipinski definition) is 1. The van der Waals surface area contributed by atoms with E-state index in [-0.39, 0.29) is 6.03 Å². The molecule has 1 N–H and O–H groups in total. The first-order valence-corrected chi connectivity index (χ1v) is 5.25. The van der Waals surface area contributed by atoms with Gasteiger partial charge >= 0.3 is 6.03 Å². The van der Waals surface area contributed by atoms with Crippen LogP contribution >= 0.6 is 23.2 Å². The Morgan fingerprint density at radius 2 is 2.00 bits per heavy atom. The van der Waals surface area contributed by atoms with Gasteiger partial charge in [0, 0.05) is 20.2 Å². The summed E-state index contributed by atoms with van der Waals surface area (Å²) in [4.78, 5) is 12.8. The summed E-state index contributed by atoms with van der Waals surface area (Å²) in [6.45, 7) is 0. The second-order valence-electron chi connectivity index (χ2n) is 3.05. The number of halogens is 2. The first kappa shape index (κ1) is 12.9. The molecule has 6 heteroatoms. The molecule has 1 aromatic carbocycles. The van der Waals surface area contributed by atoms with Gasteiger partial charge in [0.15, 0.2) is 0 Å². The van der Waals surface area contributed by atoms with Crippen LogP contribution in [0.25, 0.3) is 0 Å². The topological polar surface area (TPSA) is 41.6 Å². The van der Waals surface area contributed by atoms with E-state index in [1.165, 1.54) is 19.1 Å². The minimum Gasteiger partial charge on any atom is -0.495 e. The van der Waals surface area contributed by atoms with Gasteiger partial charge in [-0.1, -0.05) is 23.2 Å². The average Bonchev–Trinajstić information content (AvgIpc) is 2.29. The Morgan fingerprint density at radius 3 is 2.50 bits per heavy atom. The number of nitrogens with one attached hydrogen (secondary N) is 1. The number of methoxy groups -OCH3 is 1. The van der Waals surface area contributed by atoms with Crippen molar-refractivity contribution < 1.29 is 9.53 Å². The Bertz CT molecular complexity index is 410. The maximum atomic E-state index is 11.4. The molecule has 1 aromatic rings. The van der Waals surface area contributed by atoms with Crippen molar-refractivity contribution in [1.82, 2.24) is 5.32 Å². The van der Waals surface area contributed by atoms with Crippen molar-refractivity contribution in [1.29, 1.82) is 0 Å². The molecule has 0 spiro atoms. The first-order chi connectivity index (χ1) is 7.51. The number of rotatable bonds is 2. The van der Waals surface area contributed by atoms with Crippen LogP contribution in [0.15, 0.2) is 12.1 Å². The molecule has 0 aliphatic heterocycles. The quantitative estimate of drug-likeness (QED) is 0.891. The summed E-state index contributed by atoms with van der Waals surface area (Å²) in [5, 5.41) is 3.29. The molecule has 0 aromatic heterocycles. The smallest absolute Gasteiger partial charge is 0.321 e. The van der Waals surface area contributed by atoms with E-state index >= 15 is 0 Å². The van der Waals surface area contributed by atoms with E-state index < -0.39 is 0 Å². The lowest BCUT2D eigenvalue weighted by Gasteiger charge is -2.19. The van der Waals surface area contributed by atoms with Crippen molar-refractivity contribution in [3.05, 3.63) is 22.2 Å². The summed E-state index contributed by atoms with van der Waals surface area (Å²) in [5.74, 6) is 0.473. The van der Waals surface area contributed by atoms with Crippen LogP contribution in [0.3, 0.4) is 0 Å². The summed E-state index contributed by atoms with van der Waals surface area (Å²) in [7, 11) is 4.64. The van der Waals surface area contributed by atoms with Gasteiger partial charge in [-0.3, -0.25) is 4.90 Å². The molecule has 0 saturated heterocycles. The molecule has 0 aliphatic carbocycles. The minimum atomic E-state index is -0.275. The van der Waals surface area contributed by atoms with Crippen LogP contribution < -0.4 is 15.0 Å². The molecule has 0 saturated carbocycles. The molecule has 0 radical (unpaired) electrons. The van der Waals surface area contributed by atoms with Gasteiger partial charge in [0.2, 0.25) is 0 Å². The molecule has 0 heterocycles. The Morgan fingerprint density at radius 1 is 1.38 bits per heavy atom. The standard InChI is InChI=1S/C10H12Cl2N2O2/c1-13-10(15)14(2)8-4-7(12)9(16-3)5-6(8)11/h4-5H,1-3H3,(H,13,15). The van der Waals surface area contributed by atoms with E-state index in [1.54, 1.807) is 19.2 Å². The highest BCUT2D eigenvalue weighted by Gasteiger charge is 2.15. The summed E-state index contributed by atoms with van der Waals surface area (Å²) in [6, 6.07) is 2.87. The average molecular weight is 263 g/mol. The number of carbonyl (C=O) groups excluding carboxylic acids is 1. The zero-order chi connectivity index (χ0) is 12.3. The highest BCUT2D eigenvalue weighted by Crippen LogP contribution is 2.35. The van der Waals surface area contributed by atoms with Crippen molar-refractivity contribution in [2.75, 3.05) is 26.1 Å². The van der Waals surface area contributed by atoms with Crippen molar-refractivity contribution in [3.8, 4) is 5.75 Å². The Balaban J connectivity index is 3.15. The van der Waals surface area contributed by atoms with E-state index in [0.717, 1.165) is 0 Å². The van der Waals surface area contributed by atoms with Crippen LogP contribution in [0, 0.1) is 0 Å². The fourth-order valence-corrected chi connectivity index (χ4v) is 1.72. The lowest BCUT2D eigenvalue weighted by Crippen LogP contribution is -2.34. The van der Waals surface area contributed by atoms with E-state index in [2.05, 4.69) is 5.32 Å². The fraction of sp³-hybridized carbons (Fsp3) is 0.300. The van der Waals surface area contributed by atoms with Gasteiger partial charge in [-0.15, -0.1) is 0 Å². The zero-order valence-electron chi connectivity index (χ0n) is 9.17. The molecule has 0 atom stereocenters. The molecule has 2 amide bonds. The van der Waals surface area contributed by atoms with Crippen molar-refractivity contribution >= 4 is 34.9 Å². The van der Waals surface area contributed by atoms with E-state index in [4.69, 9.17) is 27.9 Å². The zero-order valence-corrected chi connectivity index (χ0v) is 10.7. The lowest BCUT2D eigenvalue weighted by molar-refractivity contribution is 0.249. The SMILES string of the molecule is CNC(=O)N(C)c1cc(Cl)c(OC)cc1Cl. The summed E-state index contributed by atoms with van der Waals surface area (Å²) in [5.41, 5.74) is 0.520. The molecular weight excluding hydrogens is 251 g/mol. The number of carbonyl (C=O) groups is 1. The number of benzene rings is 1. The van der Waals surface area contributed by atoms with Crippen LogP contribution in [-0.2, 0) is 0 Å². The van der Waals surface area contributed by atoms with E-state index in [0.29, 0.717) is 21.5 Å². The molecule has 0 unspecified atom stereocenters. The number of amides is 2. The molecule has 88 valence electrons. The van der Waals surface area contributed by atoms with Crippen LogP contribution in [0.1, 0.15) is 0 Å². The van der Waals surface area contributed by atoms with Gasteiger partial charge in [-0.2, -0.15) is 0 Å². The van der Waals surface area contributed by atoms with Crippen LogP contribution in [0.2, 0.25) is 10.0 Å². The van der Waals surface area contributed by atoms with Gasteiger partial charge in [0.1, 0.15) is 5.75 Å². The third-order valence-corrected chi connectivity index (χ3v) is 2.70. The lowest BCUT2D eigenvalue weighted by atomic mass is 10.3. The fourth-order valence-electron chi connectivity index (χ4n) is 1.21. The second kappa shape index (κ2) is 5.27. The summed E-state index contributed by atoms with van der Waals surface area (Å²) >= 11 is 12.0. The van der Waals surface area contributed by atoms with Crippen LogP contribution in [0.5, 0.6) is 5.75 Å². The van der Waals surface area contributed by atoms with Gasteiger partial charge in [-0.05, 0) is 6.07 Å². The number of ether oxygens (including phenoxy) is 1. The number of hydrogen-bond acceptors (Lipinski definition) is 2. The molecular formula is C10H12Cl2N2O2. The third kappa shape index (κ3) is 2.51. The second-order valence-corrected chi connectivity index (χ2v) is 3.87. The van der Waals surface area contributed by atoms with Gasteiger partial charge < -0.3 is 10.1 Å².